The van der Waals surface area contributed by atoms with Crippen molar-refractivity contribution in [2.75, 3.05) is 10.0 Å². The van der Waals surface area contributed by atoms with Gasteiger partial charge >= 0.3 is 0 Å². The van der Waals surface area contributed by atoms with Gasteiger partial charge in [0.2, 0.25) is 5.91 Å². The van der Waals surface area contributed by atoms with Crippen LogP contribution >= 0.6 is 0 Å². The molecule has 0 heterocycles. The molecule has 0 unspecified atom stereocenters. The highest BCUT2D eigenvalue weighted by Gasteiger charge is 2.19. The van der Waals surface area contributed by atoms with Crippen LogP contribution in [-0.2, 0) is 14.8 Å². The van der Waals surface area contributed by atoms with Crippen molar-refractivity contribution >= 4 is 27.3 Å². The first-order valence-electron chi connectivity index (χ1n) is 6.86. The van der Waals surface area contributed by atoms with E-state index in [0.717, 1.165) is 17.7 Å². The van der Waals surface area contributed by atoms with Crippen LogP contribution in [0.5, 0.6) is 0 Å². The second-order valence-corrected chi connectivity index (χ2v) is 6.90. The molecule has 0 bridgehead atoms. The summed E-state index contributed by atoms with van der Waals surface area (Å²) >= 11 is 0. The summed E-state index contributed by atoms with van der Waals surface area (Å²) in [4.78, 5) is 11.3. The van der Waals surface area contributed by atoms with Gasteiger partial charge in [0.1, 0.15) is 5.82 Å². The number of carbonyl (C=O) groups excluding carboxylic acids is 1. The zero-order chi connectivity index (χ0) is 17.2. The fourth-order valence-electron chi connectivity index (χ4n) is 2.20. The number of hydrogen-bond donors (Lipinski definition) is 2. The lowest BCUT2D eigenvalue weighted by molar-refractivity contribution is -0.114. The highest BCUT2D eigenvalue weighted by atomic mass is 32.2. The van der Waals surface area contributed by atoms with E-state index in [9.17, 15) is 17.6 Å². The average Bonchev–Trinajstić information content (AvgIpc) is 2.40. The lowest BCUT2D eigenvalue weighted by Gasteiger charge is -2.14. The quantitative estimate of drug-likeness (QED) is 0.900. The molecular formula is C16H17FN2O3S. The topological polar surface area (TPSA) is 75.3 Å². The van der Waals surface area contributed by atoms with Crippen molar-refractivity contribution in [1.29, 1.82) is 0 Å². The molecule has 0 radical (unpaired) electrons. The monoisotopic (exact) mass is 336 g/mol. The number of nitrogens with one attached hydrogen (secondary N) is 2. The molecule has 0 atom stereocenters. The Morgan fingerprint density at radius 1 is 1.04 bits per heavy atom. The minimum absolute atomic E-state index is 0.0276. The van der Waals surface area contributed by atoms with Crippen molar-refractivity contribution < 1.29 is 17.6 Å². The van der Waals surface area contributed by atoms with E-state index in [1.54, 1.807) is 19.1 Å². The normalized spacial score (nSPS) is 11.1. The van der Waals surface area contributed by atoms with E-state index in [1.165, 1.54) is 19.1 Å². The molecule has 2 rings (SSSR count). The summed E-state index contributed by atoms with van der Waals surface area (Å²) in [6.07, 6.45) is 0. The smallest absolute Gasteiger partial charge is 0.262 e. The van der Waals surface area contributed by atoms with E-state index in [-0.39, 0.29) is 22.2 Å². The van der Waals surface area contributed by atoms with E-state index in [2.05, 4.69) is 10.0 Å². The fourth-order valence-corrected chi connectivity index (χ4v) is 3.50. The molecule has 0 fully saturated rings. The second-order valence-electron chi connectivity index (χ2n) is 5.25. The van der Waals surface area contributed by atoms with Gasteiger partial charge in [0.05, 0.1) is 16.3 Å². The molecule has 0 aliphatic heterocycles. The maximum atomic E-state index is 13.4. The summed E-state index contributed by atoms with van der Waals surface area (Å²) in [5.41, 5.74) is 1.67. The molecule has 0 saturated heterocycles. The van der Waals surface area contributed by atoms with Crippen molar-refractivity contribution in [2.45, 2.75) is 25.7 Å². The molecule has 2 aromatic carbocycles. The van der Waals surface area contributed by atoms with Gasteiger partial charge in [0.15, 0.2) is 0 Å². The molecule has 0 saturated carbocycles. The maximum Gasteiger partial charge on any atom is 0.262 e. The molecule has 122 valence electrons. The molecule has 0 aliphatic rings. The van der Waals surface area contributed by atoms with Crippen LogP contribution in [0.2, 0.25) is 0 Å². The Hall–Kier alpha value is -2.41. The Morgan fingerprint density at radius 2 is 1.74 bits per heavy atom. The standard InChI is InChI=1S/C16H17FN2O3S/c1-10-4-7-16(11(2)8-10)23(21,22)19-15-9-13(17)5-6-14(15)18-12(3)20/h4-9,19H,1-3H3,(H,18,20). The number of aryl methyl sites for hydroxylation is 2. The molecule has 2 aromatic rings. The van der Waals surface area contributed by atoms with Crippen molar-refractivity contribution in [3.8, 4) is 0 Å². The van der Waals surface area contributed by atoms with Crippen molar-refractivity contribution in [2.24, 2.45) is 0 Å². The predicted octanol–water partition coefficient (Wildman–Crippen LogP) is 3.20. The summed E-state index contributed by atoms with van der Waals surface area (Å²) in [6, 6.07) is 8.38. The lowest BCUT2D eigenvalue weighted by atomic mass is 10.2. The van der Waals surface area contributed by atoms with E-state index < -0.39 is 15.8 Å². The summed E-state index contributed by atoms with van der Waals surface area (Å²) in [5, 5.41) is 2.47. The highest BCUT2D eigenvalue weighted by molar-refractivity contribution is 7.92. The van der Waals surface area contributed by atoms with Crippen molar-refractivity contribution in [1.82, 2.24) is 0 Å². The zero-order valence-electron chi connectivity index (χ0n) is 13.0. The van der Waals surface area contributed by atoms with Gasteiger partial charge < -0.3 is 5.32 Å². The van der Waals surface area contributed by atoms with E-state index >= 15 is 0 Å². The van der Waals surface area contributed by atoms with Gasteiger partial charge in [-0.25, -0.2) is 12.8 Å². The van der Waals surface area contributed by atoms with Crippen LogP contribution in [0.1, 0.15) is 18.1 Å². The van der Waals surface area contributed by atoms with Gasteiger partial charge in [-0.15, -0.1) is 0 Å². The van der Waals surface area contributed by atoms with Crippen molar-refractivity contribution in [3.63, 3.8) is 0 Å². The van der Waals surface area contributed by atoms with Crippen LogP contribution in [0.25, 0.3) is 0 Å². The first-order valence-corrected chi connectivity index (χ1v) is 8.34. The number of sulfonamides is 1. The summed E-state index contributed by atoms with van der Waals surface area (Å²) in [7, 11) is -3.90. The third-order valence-electron chi connectivity index (χ3n) is 3.16. The van der Waals surface area contributed by atoms with Crippen LogP contribution in [0.3, 0.4) is 0 Å². The third-order valence-corrected chi connectivity index (χ3v) is 4.68. The largest absolute Gasteiger partial charge is 0.325 e. The van der Waals surface area contributed by atoms with Crippen molar-refractivity contribution in [3.05, 3.63) is 53.3 Å². The number of benzene rings is 2. The van der Waals surface area contributed by atoms with Crippen LogP contribution in [0, 0.1) is 19.7 Å². The minimum Gasteiger partial charge on any atom is -0.325 e. The Kier molecular flexibility index (Phi) is 4.70. The number of anilines is 2. The van der Waals surface area contributed by atoms with Crippen LogP contribution < -0.4 is 10.0 Å². The van der Waals surface area contributed by atoms with Gasteiger partial charge in [0.25, 0.3) is 10.0 Å². The van der Waals surface area contributed by atoms with Gasteiger partial charge in [-0.2, -0.15) is 0 Å². The number of hydrogen-bond acceptors (Lipinski definition) is 3. The van der Waals surface area contributed by atoms with Crippen LogP contribution in [-0.4, -0.2) is 14.3 Å². The fraction of sp³-hybridized carbons (Fsp3) is 0.188. The summed E-state index contributed by atoms with van der Waals surface area (Å²) < 4.78 is 40.8. The Balaban J connectivity index is 2.44. The molecule has 0 aromatic heterocycles. The molecule has 0 aliphatic carbocycles. The molecule has 0 spiro atoms. The second kappa shape index (κ2) is 6.37. The molecular weight excluding hydrogens is 319 g/mol. The van der Waals surface area contributed by atoms with E-state index in [0.29, 0.717) is 5.56 Å². The average molecular weight is 336 g/mol. The molecule has 23 heavy (non-hydrogen) atoms. The molecule has 1 amide bonds. The molecule has 5 nitrogen and oxygen atoms in total. The summed E-state index contributed by atoms with van der Waals surface area (Å²) in [5.74, 6) is -0.999. The van der Waals surface area contributed by atoms with E-state index in [4.69, 9.17) is 0 Å². The molecule has 7 heteroatoms. The first-order chi connectivity index (χ1) is 10.7. The van der Waals surface area contributed by atoms with Gasteiger partial charge in [-0.05, 0) is 37.6 Å². The zero-order valence-corrected chi connectivity index (χ0v) is 13.8. The summed E-state index contributed by atoms with van der Waals surface area (Å²) in [6.45, 7) is 4.83. The predicted molar refractivity (Wildman–Crippen MR) is 87.4 cm³/mol. The number of amides is 1. The van der Waals surface area contributed by atoms with Crippen LogP contribution in [0.15, 0.2) is 41.3 Å². The van der Waals surface area contributed by atoms with Gasteiger partial charge in [-0.3, -0.25) is 9.52 Å². The number of halogens is 1. The van der Waals surface area contributed by atoms with Crippen LogP contribution in [0.4, 0.5) is 15.8 Å². The lowest BCUT2D eigenvalue weighted by Crippen LogP contribution is -2.17. The van der Waals surface area contributed by atoms with Gasteiger partial charge in [0, 0.05) is 13.0 Å². The Labute approximate surface area is 134 Å². The number of rotatable bonds is 4. The minimum atomic E-state index is -3.90. The third kappa shape index (κ3) is 4.07. The Morgan fingerprint density at radius 3 is 2.35 bits per heavy atom. The molecule has 2 N–H and O–H groups in total. The highest BCUT2D eigenvalue weighted by Crippen LogP contribution is 2.27. The maximum absolute atomic E-state index is 13.4. The number of carbonyl (C=O) groups is 1. The van der Waals surface area contributed by atoms with E-state index in [1.807, 2.05) is 6.92 Å². The van der Waals surface area contributed by atoms with Gasteiger partial charge in [-0.1, -0.05) is 17.7 Å². The first kappa shape index (κ1) is 17.0. The Bertz CT molecular complexity index is 864. The SMILES string of the molecule is CC(=O)Nc1ccc(F)cc1NS(=O)(=O)c1ccc(C)cc1C.